The maximum Gasteiger partial charge on any atom is 0.271 e. The lowest BCUT2D eigenvalue weighted by Gasteiger charge is -2.08. The average molecular weight is 298 g/mol. The Morgan fingerprint density at radius 2 is 2.23 bits per heavy atom. The van der Waals surface area contributed by atoms with Crippen LogP contribution in [0.2, 0.25) is 0 Å². The van der Waals surface area contributed by atoms with E-state index in [2.05, 4.69) is 15.7 Å². The second kappa shape index (κ2) is 6.75. The van der Waals surface area contributed by atoms with Crippen LogP contribution in [0.3, 0.4) is 0 Å². The second-order valence-corrected chi connectivity index (χ2v) is 5.82. The third-order valence-electron chi connectivity index (χ3n) is 4.12. The van der Waals surface area contributed by atoms with Crippen LogP contribution in [0.4, 0.5) is 0 Å². The topological polar surface area (TPSA) is 59.0 Å². The number of amides is 1. The van der Waals surface area contributed by atoms with Crippen molar-refractivity contribution in [2.45, 2.75) is 19.8 Å². The summed E-state index contributed by atoms with van der Waals surface area (Å²) in [5, 5.41) is 10.7. The molecule has 1 unspecified atom stereocenters. The molecule has 0 radical (unpaired) electrons. The third kappa shape index (κ3) is 3.36. The molecular formula is C17H22N4O. The first kappa shape index (κ1) is 14.8. The first-order valence-electron chi connectivity index (χ1n) is 7.85. The Balaban J connectivity index is 1.61. The maximum absolute atomic E-state index is 12.2. The van der Waals surface area contributed by atoms with Crippen molar-refractivity contribution in [1.82, 2.24) is 20.4 Å². The molecule has 2 aromatic rings. The number of aromatic nitrogens is 2. The Morgan fingerprint density at radius 3 is 2.95 bits per heavy atom. The van der Waals surface area contributed by atoms with Gasteiger partial charge in [-0.2, -0.15) is 5.10 Å². The van der Waals surface area contributed by atoms with E-state index in [1.165, 1.54) is 6.42 Å². The van der Waals surface area contributed by atoms with Crippen molar-refractivity contribution in [1.29, 1.82) is 0 Å². The highest BCUT2D eigenvalue weighted by Gasteiger charge is 2.16. The van der Waals surface area contributed by atoms with E-state index in [9.17, 15) is 4.79 Å². The highest BCUT2D eigenvalue weighted by molar-refractivity contribution is 5.92. The number of carbonyl (C=O) groups is 1. The lowest BCUT2D eigenvalue weighted by molar-refractivity contribution is 0.0946. The molecule has 5 nitrogen and oxygen atoms in total. The monoisotopic (exact) mass is 298 g/mol. The maximum atomic E-state index is 12.2. The number of nitrogens with one attached hydrogen (secondary N) is 2. The number of carbonyl (C=O) groups excluding carboxylic acids is 1. The van der Waals surface area contributed by atoms with Crippen LogP contribution in [0.15, 0.2) is 36.4 Å². The molecule has 3 rings (SSSR count). The molecule has 1 atom stereocenters. The summed E-state index contributed by atoms with van der Waals surface area (Å²) in [6.07, 6.45) is 2.23. The van der Waals surface area contributed by atoms with Crippen molar-refractivity contribution in [2.75, 3.05) is 19.6 Å². The van der Waals surface area contributed by atoms with Gasteiger partial charge in [0, 0.05) is 12.2 Å². The fourth-order valence-electron chi connectivity index (χ4n) is 2.86. The summed E-state index contributed by atoms with van der Waals surface area (Å²) in [7, 11) is 0. The minimum Gasteiger partial charge on any atom is -0.351 e. The van der Waals surface area contributed by atoms with Crippen LogP contribution in [0.5, 0.6) is 0 Å². The molecule has 1 aliphatic heterocycles. The van der Waals surface area contributed by atoms with E-state index in [4.69, 9.17) is 0 Å². The van der Waals surface area contributed by atoms with Crippen molar-refractivity contribution in [3.8, 4) is 5.69 Å². The molecule has 1 fully saturated rings. The minimum atomic E-state index is -0.0938. The van der Waals surface area contributed by atoms with Crippen LogP contribution < -0.4 is 10.6 Å². The summed E-state index contributed by atoms with van der Waals surface area (Å²) in [5.74, 6) is 0.590. The van der Waals surface area contributed by atoms with Gasteiger partial charge >= 0.3 is 0 Å². The molecule has 0 bridgehead atoms. The number of aryl methyl sites for hydroxylation is 1. The van der Waals surface area contributed by atoms with Crippen LogP contribution >= 0.6 is 0 Å². The van der Waals surface area contributed by atoms with Crippen LogP contribution in [-0.2, 0) is 0 Å². The lowest BCUT2D eigenvalue weighted by atomic mass is 10.1. The number of rotatable bonds is 5. The molecule has 0 aliphatic carbocycles. The van der Waals surface area contributed by atoms with Gasteiger partial charge in [-0.3, -0.25) is 4.79 Å². The molecule has 1 aliphatic rings. The molecule has 116 valence electrons. The molecular weight excluding hydrogens is 276 g/mol. The van der Waals surface area contributed by atoms with E-state index in [0.29, 0.717) is 18.2 Å². The number of hydrogen-bond acceptors (Lipinski definition) is 3. The first-order chi connectivity index (χ1) is 10.7. The zero-order valence-corrected chi connectivity index (χ0v) is 12.9. The predicted octanol–water partition coefficient (Wildman–Crippen LogP) is 1.91. The summed E-state index contributed by atoms with van der Waals surface area (Å²) >= 11 is 0. The Labute approximate surface area is 130 Å². The molecule has 0 spiro atoms. The van der Waals surface area contributed by atoms with Crippen LogP contribution in [-0.4, -0.2) is 35.3 Å². The molecule has 0 saturated carbocycles. The van der Waals surface area contributed by atoms with Crippen molar-refractivity contribution in [3.05, 3.63) is 47.8 Å². The fourth-order valence-corrected chi connectivity index (χ4v) is 2.86. The number of hydrogen-bond donors (Lipinski definition) is 2. The molecule has 1 aromatic heterocycles. The van der Waals surface area contributed by atoms with Crippen molar-refractivity contribution < 1.29 is 4.79 Å². The van der Waals surface area contributed by atoms with Gasteiger partial charge in [0.2, 0.25) is 0 Å². The molecule has 1 saturated heterocycles. The van der Waals surface area contributed by atoms with Crippen LogP contribution in [0.25, 0.3) is 5.69 Å². The van der Waals surface area contributed by atoms with Gasteiger partial charge < -0.3 is 10.6 Å². The zero-order chi connectivity index (χ0) is 15.4. The smallest absolute Gasteiger partial charge is 0.271 e. The van der Waals surface area contributed by atoms with E-state index in [-0.39, 0.29) is 5.91 Å². The quantitative estimate of drug-likeness (QED) is 0.886. The SMILES string of the molecule is Cc1cc(C(=O)NCCC2CCNC2)nn1-c1ccccc1. The molecule has 1 amide bonds. The van der Waals surface area contributed by atoms with Crippen molar-refractivity contribution in [2.24, 2.45) is 5.92 Å². The fraction of sp³-hybridized carbons (Fsp3) is 0.412. The molecule has 22 heavy (non-hydrogen) atoms. The normalized spacial score (nSPS) is 17.6. The van der Waals surface area contributed by atoms with Gasteiger partial charge in [-0.25, -0.2) is 4.68 Å². The Hall–Kier alpha value is -2.14. The average Bonchev–Trinajstić information content (AvgIpc) is 3.17. The van der Waals surface area contributed by atoms with Crippen LogP contribution in [0, 0.1) is 12.8 Å². The van der Waals surface area contributed by atoms with Gasteiger partial charge in [-0.15, -0.1) is 0 Å². The highest BCUT2D eigenvalue weighted by Crippen LogP contribution is 2.13. The van der Waals surface area contributed by atoms with Gasteiger partial charge in [0.25, 0.3) is 5.91 Å². The Kier molecular flexibility index (Phi) is 4.53. The van der Waals surface area contributed by atoms with E-state index in [1.807, 2.05) is 43.3 Å². The van der Waals surface area contributed by atoms with Crippen molar-refractivity contribution >= 4 is 5.91 Å². The Bertz CT molecular complexity index is 629. The van der Waals surface area contributed by atoms with Gasteiger partial charge in [-0.05, 0) is 57.0 Å². The van der Waals surface area contributed by atoms with Crippen molar-refractivity contribution in [3.63, 3.8) is 0 Å². The van der Waals surface area contributed by atoms with E-state index >= 15 is 0 Å². The van der Waals surface area contributed by atoms with E-state index in [1.54, 1.807) is 4.68 Å². The first-order valence-corrected chi connectivity index (χ1v) is 7.85. The van der Waals surface area contributed by atoms with Crippen LogP contribution in [0.1, 0.15) is 29.0 Å². The summed E-state index contributed by atoms with van der Waals surface area (Å²) in [4.78, 5) is 12.2. The molecule has 2 heterocycles. The van der Waals surface area contributed by atoms with Gasteiger partial charge in [0.15, 0.2) is 5.69 Å². The minimum absolute atomic E-state index is 0.0938. The van der Waals surface area contributed by atoms with E-state index < -0.39 is 0 Å². The van der Waals surface area contributed by atoms with Gasteiger partial charge in [-0.1, -0.05) is 18.2 Å². The van der Waals surface area contributed by atoms with Gasteiger partial charge in [0.1, 0.15) is 0 Å². The number of para-hydroxylation sites is 1. The zero-order valence-electron chi connectivity index (χ0n) is 12.9. The second-order valence-electron chi connectivity index (χ2n) is 5.82. The predicted molar refractivity (Wildman–Crippen MR) is 86.2 cm³/mol. The largest absolute Gasteiger partial charge is 0.351 e. The summed E-state index contributed by atoms with van der Waals surface area (Å²) in [6, 6.07) is 11.7. The number of benzene rings is 1. The Morgan fingerprint density at radius 1 is 1.41 bits per heavy atom. The molecule has 1 aromatic carbocycles. The van der Waals surface area contributed by atoms with Gasteiger partial charge in [0.05, 0.1) is 5.69 Å². The number of nitrogens with zero attached hydrogens (tertiary/aromatic N) is 2. The summed E-state index contributed by atoms with van der Waals surface area (Å²) in [5.41, 5.74) is 2.40. The third-order valence-corrected chi connectivity index (χ3v) is 4.12. The lowest BCUT2D eigenvalue weighted by Crippen LogP contribution is -2.26. The molecule has 2 N–H and O–H groups in total. The summed E-state index contributed by atoms with van der Waals surface area (Å²) < 4.78 is 1.80. The highest BCUT2D eigenvalue weighted by atomic mass is 16.1. The summed E-state index contributed by atoms with van der Waals surface area (Å²) in [6.45, 7) is 4.83. The van der Waals surface area contributed by atoms with E-state index in [0.717, 1.165) is 30.9 Å². The standard InChI is InChI=1S/C17H22N4O/c1-13-11-16(20-21(13)15-5-3-2-4-6-15)17(22)19-10-8-14-7-9-18-12-14/h2-6,11,14,18H,7-10,12H2,1H3,(H,19,22). The molecule has 5 heteroatoms.